The van der Waals surface area contributed by atoms with Crippen molar-refractivity contribution >= 4 is 5.96 Å². The van der Waals surface area contributed by atoms with E-state index < -0.39 is 0 Å². The van der Waals surface area contributed by atoms with E-state index >= 15 is 0 Å². The Kier molecular flexibility index (Phi) is 3.90. The smallest absolute Gasteiger partial charge is 0.191 e. The number of guanidine groups is 1. The zero-order chi connectivity index (χ0) is 13.0. The summed E-state index contributed by atoms with van der Waals surface area (Å²) >= 11 is 0. The standard InChI is InChI=1S/C15H23N3/c1-15(2,3)13-7-5-12(6-8-13)11-18-14-16-9-4-10-17-14/h5-8H,4,9-11H2,1-3H3,(H2,16,17,18). The van der Waals surface area contributed by atoms with Crippen LogP contribution >= 0.6 is 0 Å². The molecule has 0 aliphatic carbocycles. The van der Waals surface area contributed by atoms with Crippen LogP contribution in [0.3, 0.4) is 0 Å². The van der Waals surface area contributed by atoms with Gasteiger partial charge in [0.25, 0.3) is 0 Å². The molecule has 0 saturated heterocycles. The quantitative estimate of drug-likeness (QED) is 0.839. The van der Waals surface area contributed by atoms with E-state index in [0.29, 0.717) is 0 Å². The zero-order valence-corrected chi connectivity index (χ0v) is 11.6. The second kappa shape index (κ2) is 5.42. The van der Waals surface area contributed by atoms with E-state index in [1.54, 1.807) is 0 Å². The zero-order valence-electron chi connectivity index (χ0n) is 11.6. The minimum Gasteiger partial charge on any atom is -0.356 e. The molecule has 1 heterocycles. The Morgan fingerprint density at radius 3 is 2.50 bits per heavy atom. The molecule has 98 valence electrons. The molecule has 0 saturated carbocycles. The lowest BCUT2D eigenvalue weighted by molar-refractivity contribution is 0.590. The fraction of sp³-hybridized carbons (Fsp3) is 0.533. The first-order valence-electron chi connectivity index (χ1n) is 6.67. The molecule has 0 aromatic heterocycles. The Balaban J connectivity index is 1.92. The third-order valence-corrected chi connectivity index (χ3v) is 3.18. The summed E-state index contributed by atoms with van der Waals surface area (Å²) in [5.41, 5.74) is 2.89. The summed E-state index contributed by atoms with van der Waals surface area (Å²) in [5.74, 6) is 0.932. The van der Waals surface area contributed by atoms with Crippen LogP contribution in [-0.4, -0.2) is 19.0 Å². The molecular weight excluding hydrogens is 222 g/mol. The summed E-state index contributed by atoms with van der Waals surface area (Å²) < 4.78 is 0. The van der Waals surface area contributed by atoms with Crippen molar-refractivity contribution in [2.24, 2.45) is 4.99 Å². The van der Waals surface area contributed by atoms with Gasteiger partial charge in [-0.05, 0) is 23.0 Å². The van der Waals surface area contributed by atoms with Gasteiger partial charge in [0, 0.05) is 19.6 Å². The minimum atomic E-state index is 0.223. The molecule has 3 nitrogen and oxygen atoms in total. The maximum Gasteiger partial charge on any atom is 0.191 e. The Morgan fingerprint density at radius 2 is 1.94 bits per heavy atom. The van der Waals surface area contributed by atoms with E-state index in [1.807, 2.05) is 0 Å². The van der Waals surface area contributed by atoms with Crippen molar-refractivity contribution in [1.82, 2.24) is 10.6 Å². The van der Waals surface area contributed by atoms with Gasteiger partial charge >= 0.3 is 0 Å². The van der Waals surface area contributed by atoms with Crippen molar-refractivity contribution in [3.8, 4) is 0 Å². The molecule has 2 N–H and O–H groups in total. The third-order valence-electron chi connectivity index (χ3n) is 3.18. The van der Waals surface area contributed by atoms with E-state index in [2.05, 4.69) is 60.7 Å². The lowest BCUT2D eigenvalue weighted by Gasteiger charge is -2.19. The molecule has 0 spiro atoms. The molecule has 0 atom stereocenters. The Labute approximate surface area is 110 Å². The maximum atomic E-state index is 4.40. The number of benzene rings is 1. The summed E-state index contributed by atoms with van der Waals surface area (Å²) in [6.45, 7) is 9.49. The molecule has 1 aliphatic heterocycles. The van der Waals surface area contributed by atoms with E-state index in [9.17, 15) is 0 Å². The van der Waals surface area contributed by atoms with Crippen molar-refractivity contribution in [2.75, 3.05) is 13.1 Å². The van der Waals surface area contributed by atoms with E-state index in [-0.39, 0.29) is 5.41 Å². The first-order chi connectivity index (χ1) is 8.55. The first-order valence-corrected chi connectivity index (χ1v) is 6.67. The van der Waals surface area contributed by atoms with Crippen LogP contribution in [0.5, 0.6) is 0 Å². The van der Waals surface area contributed by atoms with Crippen molar-refractivity contribution in [3.05, 3.63) is 35.4 Å². The molecule has 0 bridgehead atoms. The fourth-order valence-corrected chi connectivity index (χ4v) is 1.96. The van der Waals surface area contributed by atoms with Gasteiger partial charge in [0.2, 0.25) is 0 Å². The van der Waals surface area contributed by atoms with Crippen molar-refractivity contribution < 1.29 is 0 Å². The lowest BCUT2D eigenvalue weighted by Crippen LogP contribution is -2.40. The molecule has 0 radical (unpaired) electrons. The molecule has 1 aromatic carbocycles. The van der Waals surface area contributed by atoms with E-state index in [4.69, 9.17) is 0 Å². The molecule has 1 aliphatic rings. The monoisotopic (exact) mass is 245 g/mol. The summed E-state index contributed by atoms with van der Waals surface area (Å²) in [7, 11) is 0. The van der Waals surface area contributed by atoms with Gasteiger partial charge in [-0.25, -0.2) is 0 Å². The summed E-state index contributed by atoms with van der Waals surface area (Å²) in [4.78, 5) is 4.40. The maximum absolute atomic E-state index is 4.40. The van der Waals surface area contributed by atoms with E-state index in [0.717, 1.165) is 32.0 Å². The van der Waals surface area contributed by atoms with Crippen LogP contribution in [0.4, 0.5) is 0 Å². The van der Waals surface area contributed by atoms with Crippen molar-refractivity contribution in [3.63, 3.8) is 0 Å². The molecule has 0 unspecified atom stereocenters. The predicted molar refractivity (Wildman–Crippen MR) is 76.9 cm³/mol. The summed E-state index contributed by atoms with van der Waals surface area (Å²) in [6.07, 6.45) is 1.13. The fourth-order valence-electron chi connectivity index (χ4n) is 1.96. The van der Waals surface area contributed by atoms with Crippen LogP contribution in [-0.2, 0) is 12.0 Å². The average molecular weight is 245 g/mol. The van der Waals surface area contributed by atoms with Gasteiger partial charge in [0.1, 0.15) is 0 Å². The van der Waals surface area contributed by atoms with Crippen LogP contribution in [0.25, 0.3) is 0 Å². The average Bonchev–Trinajstić information content (AvgIpc) is 2.37. The number of hydrogen-bond acceptors (Lipinski definition) is 3. The van der Waals surface area contributed by atoms with Gasteiger partial charge in [0.15, 0.2) is 5.96 Å². The number of hydrogen-bond donors (Lipinski definition) is 2. The molecular formula is C15H23N3. The number of nitrogens with zero attached hydrogens (tertiary/aromatic N) is 1. The predicted octanol–water partition coefficient (Wildman–Crippen LogP) is 2.42. The highest BCUT2D eigenvalue weighted by atomic mass is 15.2. The lowest BCUT2D eigenvalue weighted by atomic mass is 9.87. The molecule has 3 heteroatoms. The SMILES string of the molecule is CC(C)(C)c1ccc(CNC2=NCCCN2)cc1. The normalized spacial score (nSPS) is 15.8. The third kappa shape index (κ3) is 3.49. The number of nitrogens with one attached hydrogen (secondary N) is 2. The van der Waals surface area contributed by atoms with Gasteiger partial charge in [-0.1, -0.05) is 45.0 Å². The van der Waals surface area contributed by atoms with Crippen LogP contribution in [0.1, 0.15) is 38.3 Å². The van der Waals surface area contributed by atoms with Crippen LogP contribution in [0, 0.1) is 0 Å². The molecule has 1 aromatic rings. The number of aliphatic imine (C=N–C) groups is 1. The van der Waals surface area contributed by atoms with Gasteiger partial charge in [-0.3, -0.25) is 4.99 Å². The Hall–Kier alpha value is -1.51. The first kappa shape index (κ1) is 12.9. The number of rotatable bonds is 2. The largest absolute Gasteiger partial charge is 0.356 e. The molecule has 0 fully saturated rings. The molecule has 18 heavy (non-hydrogen) atoms. The molecule has 0 amide bonds. The van der Waals surface area contributed by atoms with Gasteiger partial charge in [-0.15, -0.1) is 0 Å². The topological polar surface area (TPSA) is 36.4 Å². The van der Waals surface area contributed by atoms with Crippen molar-refractivity contribution in [2.45, 2.75) is 39.2 Å². The van der Waals surface area contributed by atoms with Crippen LogP contribution in [0.15, 0.2) is 29.3 Å². The molecule has 2 rings (SSSR count). The Bertz CT molecular complexity index is 412. The highest BCUT2D eigenvalue weighted by molar-refractivity contribution is 5.80. The van der Waals surface area contributed by atoms with Gasteiger partial charge < -0.3 is 10.6 Å². The van der Waals surface area contributed by atoms with E-state index in [1.165, 1.54) is 11.1 Å². The second-order valence-electron chi connectivity index (χ2n) is 5.81. The van der Waals surface area contributed by atoms with Crippen LogP contribution in [0.2, 0.25) is 0 Å². The van der Waals surface area contributed by atoms with Crippen molar-refractivity contribution in [1.29, 1.82) is 0 Å². The highest BCUT2D eigenvalue weighted by Gasteiger charge is 2.12. The minimum absolute atomic E-state index is 0.223. The van der Waals surface area contributed by atoms with Gasteiger partial charge in [0.05, 0.1) is 0 Å². The summed E-state index contributed by atoms with van der Waals surface area (Å²) in [6, 6.07) is 8.81. The highest BCUT2D eigenvalue weighted by Crippen LogP contribution is 2.22. The van der Waals surface area contributed by atoms with Crippen LogP contribution < -0.4 is 10.6 Å². The summed E-state index contributed by atoms with van der Waals surface area (Å²) in [5, 5.41) is 6.60. The van der Waals surface area contributed by atoms with Gasteiger partial charge in [-0.2, -0.15) is 0 Å². The Morgan fingerprint density at radius 1 is 1.22 bits per heavy atom. The second-order valence-corrected chi connectivity index (χ2v) is 5.81.